The van der Waals surface area contributed by atoms with Crippen molar-refractivity contribution in [2.45, 2.75) is 56.3 Å². The number of alkyl halides is 3. The molecular formula is C19H17F3N4OS2. The highest BCUT2D eigenvalue weighted by molar-refractivity contribution is 7.99. The van der Waals surface area contributed by atoms with E-state index in [0.29, 0.717) is 35.5 Å². The van der Waals surface area contributed by atoms with Crippen molar-refractivity contribution >= 4 is 34.0 Å². The smallest absolute Gasteiger partial charge is 0.316 e. The monoisotopic (exact) mass is 438 g/mol. The molecule has 0 saturated carbocycles. The third kappa shape index (κ3) is 4.12. The van der Waals surface area contributed by atoms with E-state index in [-0.39, 0.29) is 22.4 Å². The Hall–Kier alpha value is -2.12. The van der Waals surface area contributed by atoms with Crippen molar-refractivity contribution in [3.8, 4) is 6.07 Å². The van der Waals surface area contributed by atoms with E-state index < -0.39 is 11.9 Å². The van der Waals surface area contributed by atoms with Crippen LogP contribution in [-0.2, 0) is 36.7 Å². The van der Waals surface area contributed by atoms with Crippen LogP contribution in [0.1, 0.15) is 52.2 Å². The van der Waals surface area contributed by atoms with E-state index in [1.54, 1.807) is 0 Å². The fourth-order valence-corrected chi connectivity index (χ4v) is 5.69. The van der Waals surface area contributed by atoms with Crippen molar-refractivity contribution in [1.82, 2.24) is 9.97 Å². The Labute approximate surface area is 173 Å². The van der Waals surface area contributed by atoms with Gasteiger partial charge in [-0.2, -0.15) is 18.4 Å². The van der Waals surface area contributed by atoms with Gasteiger partial charge >= 0.3 is 6.18 Å². The number of carbonyl (C=O) groups excluding carboxylic acids is 1. The first kappa shape index (κ1) is 20.2. The standard InChI is InChI=1S/C19H17F3N4OS2/c20-19(21,22)16-11-5-3-6-13(11)24-18(26-16)28-9-15(27)25-17-12(8-23)10-4-1-2-7-14(10)29-17/h1-7,9H2,(H,25,27). The first-order chi connectivity index (χ1) is 13.9. The van der Waals surface area contributed by atoms with Crippen LogP contribution >= 0.6 is 23.1 Å². The number of aromatic nitrogens is 2. The number of nitrogens with zero attached hydrogens (tertiary/aromatic N) is 3. The number of thioether (sulfide) groups is 1. The summed E-state index contributed by atoms with van der Waals surface area (Å²) in [4.78, 5) is 21.4. The van der Waals surface area contributed by atoms with Gasteiger partial charge in [0, 0.05) is 16.1 Å². The zero-order valence-corrected chi connectivity index (χ0v) is 17.0. The fourth-order valence-electron chi connectivity index (χ4n) is 3.77. The number of halogens is 3. The Morgan fingerprint density at radius 3 is 2.66 bits per heavy atom. The highest BCUT2D eigenvalue weighted by Gasteiger charge is 2.38. The van der Waals surface area contributed by atoms with Gasteiger partial charge in [0.05, 0.1) is 11.3 Å². The van der Waals surface area contributed by atoms with Crippen LogP contribution in [0.2, 0.25) is 0 Å². The number of hydrogen-bond donors (Lipinski definition) is 1. The quantitative estimate of drug-likeness (QED) is 0.561. The van der Waals surface area contributed by atoms with Crippen LogP contribution in [-0.4, -0.2) is 21.6 Å². The van der Waals surface area contributed by atoms with Gasteiger partial charge in [0.25, 0.3) is 0 Å². The summed E-state index contributed by atoms with van der Waals surface area (Å²) in [7, 11) is 0. The molecule has 29 heavy (non-hydrogen) atoms. The van der Waals surface area contributed by atoms with Gasteiger partial charge < -0.3 is 5.32 Å². The van der Waals surface area contributed by atoms with E-state index in [1.165, 1.54) is 11.3 Å². The third-order valence-electron chi connectivity index (χ3n) is 5.05. The molecule has 10 heteroatoms. The van der Waals surface area contributed by atoms with Gasteiger partial charge in [-0.3, -0.25) is 4.79 Å². The molecule has 2 aromatic heterocycles. The Bertz CT molecular complexity index is 1010. The Morgan fingerprint density at radius 1 is 1.14 bits per heavy atom. The second-order valence-electron chi connectivity index (χ2n) is 7.00. The van der Waals surface area contributed by atoms with Gasteiger partial charge in [0.2, 0.25) is 5.91 Å². The molecule has 0 aliphatic heterocycles. The van der Waals surface area contributed by atoms with Crippen LogP contribution in [0.5, 0.6) is 0 Å². The summed E-state index contributed by atoms with van der Waals surface area (Å²) in [6.45, 7) is 0. The Morgan fingerprint density at radius 2 is 1.90 bits per heavy atom. The second-order valence-corrected chi connectivity index (χ2v) is 9.04. The zero-order valence-electron chi connectivity index (χ0n) is 15.4. The minimum absolute atomic E-state index is 0.0425. The molecule has 0 atom stereocenters. The van der Waals surface area contributed by atoms with Crippen LogP contribution in [0.15, 0.2) is 5.16 Å². The molecule has 1 N–H and O–H groups in total. The molecule has 0 aromatic carbocycles. The van der Waals surface area contributed by atoms with Gasteiger partial charge in [0.1, 0.15) is 11.1 Å². The van der Waals surface area contributed by atoms with Crippen molar-refractivity contribution in [2.24, 2.45) is 0 Å². The van der Waals surface area contributed by atoms with Gasteiger partial charge in [-0.1, -0.05) is 11.8 Å². The molecule has 4 rings (SSSR count). The molecule has 2 heterocycles. The molecular weight excluding hydrogens is 421 g/mol. The van der Waals surface area contributed by atoms with Crippen LogP contribution in [0.4, 0.5) is 18.2 Å². The topological polar surface area (TPSA) is 78.7 Å². The number of anilines is 1. The maximum Gasteiger partial charge on any atom is 0.433 e. The highest BCUT2D eigenvalue weighted by atomic mass is 32.2. The zero-order chi connectivity index (χ0) is 20.6. The first-order valence-corrected chi connectivity index (χ1v) is 11.1. The summed E-state index contributed by atoms with van der Waals surface area (Å²) in [6.07, 6.45) is 0.750. The third-order valence-corrected chi connectivity index (χ3v) is 7.10. The van der Waals surface area contributed by atoms with E-state index in [9.17, 15) is 23.2 Å². The van der Waals surface area contributed by atoms with Gasteiger partial charge in [0.15, 0.2) is 10.9 Å². The maximum absolute atomic E-state index is 13.3. The SMILES string of the molecule is N#Cc1c(NC(=O)CSc2nc3c(c(C(F)(F)F)n2)CCC3)sc2c1CCCC2. The molecule has 2 aliphatic carbocycles. The summed E-state index contributed by atoms with van der Waals surface area (Å²) >= 11 is 2.29. The maximum atomic E-state index is 13.3. The summed E-state index contributed by atoms with van der Waals surface area (Å²) in [5.41, 5.74) is 1.24. The molecule has 2 aliphatic rings. The van der Waals surface area contributed by atoms with E-state index in [0.717, 1.165) is 47.9 Å². The number of nitrogens with one attached hydrogen (secondary N) is 1. The Kier molecular flexibility index (Phi) is 5.53. The molecule has 0 radical (unpaired) electrons. The molecule has 2 aromatic rings. The number of nitriles is 1. The fraction of sp³-hybridized carbons (Fsp3) is 0.474. The molecule has 0 bridgehead atoms. The van der Waals surface area contributed by atoms with Crippen LogP contribution in [0, 0.1) is 11.3 Å². The second kappa shape index (κ2) is 7.95. The number of carbonyl (C=O) groups is 1. The molecule has 0 saturated heterocycles. The lowest BCUT2D eigenvalue weighted by molar-refractivity contribution is -0.142. The normalized spacial score (nSPS) is 15.5. The number of aryl methyl sites for hydroxylation is 2. The van der Waals surface area contributed by atoms with Crippen molar-refractivity contribution in [2.75, 3.05) is 11.1 Å². The minimum atomic E-state index is -4.54. The van der Waals surface area contributed by atoms with Crippen molar-refractivity contribution in [1.29, 1.82) is 5.26 Å². The van der Waals surface area contributed by atoms with Gasteiger partial charge in [-0.15, -0.1) is 11.3 Å². The number of thiophene rings is 1. The van der Waals surface area contributed by atoms with E-state index in [4.69, 9.17) is 0 Å². The van der Waals surface area contributed by atoms with E-state index in [1.807, 2.05) is 0 Å². The predicted molar refractivity (Wildman–Crippen MR) is 104 cm³/mol. The van der Waals surface area contributed by atoms with Crippen LogP contribution in [0.3, 0.4) is 0 Å². The lowest BCUT2D eigenvalue weighted by Gasteiger charge is -2.12. The molecule has 1 amide bonds. The molecule has 0 fully saturated rings. The summed E-state index contributed by atoms with van der Waals surface area (Å²) < 4.78 is 39.9. The van der Waals surface area contributed by atoms with Crippen LogP contribution < -0.4 is 5.32 Å². The molecule has 0 spiro atoms. The number of hydrogen-bond acceptors (Lipinski definition) is 6. The highest BCUT2D eigenvalue weighted by Crippen LogP contribution is 2.38. The van der Waals surface area contributed by atoms with Crippen molar-refractivity contribution in [3.05, 3.63) is 33.0 Å². The summed E-state index contributed by atoms with van der Waals surface area (Å²) in [5, 5.41) is 12.7. The molecule has 0 unspecified atom stereocenters. The predicted octanol–water partition coefficient (Wildman–Crippen LogP) is 4.53. The summed E-state index contributed by atoms with van der Waals surface area (Å²) in [5.74, 6) is -0.508. The summed E-state index contributed by atoms with van der Waals surface area (Å²) in [6, 6.07) is 2.17. The minimum Gasteiger partial charge on any atom is -0.316 e. The lowest BCUT2D eigenvalue weighted by atomic mass is 9.96. The average molecular weight is 439 g/mol. The molecule has 5 nitrogen and oxygen atoms in total. The van der Waals surface area contributed by atoms with E-state index >= 15 is 0 Å². The van der Waals surface area contributed by atoms with Crippen LogP contribution in [0.25, 0.3) is 0 Å². The average Bonchev–Trinajstić information content (AvgIpc) is 3.28. The van der Waals surface area contributed by atoms with Crippen molar-refractivity contribution < 1.29 is 18.0 Å². The van der Waals surface area contributed by atoms with Gasteiger partial charge in [-0.25, -0.2) is 9.97 Å². The number of amides is 1. The number of rotatable bonds is 4. The van der Waals surface area contributed by atoms with E-state index in [2.05, 4.69) is 21.4 Å². The Balaban J connectivity index is 1.47. The first-order valence-electron chi connectivity index (χ1n) is 9.31. The molecule has 152 valence electrons. The van der Waals surface area contributed by atoms with Gasteiger partial charge in [-0.05, 0) is 50.5 Å². The lowest BCUT2D eigenvalue weighted by Crippen LogP contribution is -2.16. The van der Waals surface area contributed by atoms with Crippen molar-refractivity contribution in [3.63, 3.8) is 0 Å². The number of fused-ring (bicyclic) bond motifs is 2. The largest absolute Gasteiger partial charge is 0.433 e.